The van der Waals surface area contributed by atoms with Crippen LogP contribution in [0.1, 0.15) is 23.1 Å². The molecular weight excluding hydrogens is 276 g/mol. The molecule has 0 aliphatic rings. The lowest BCUT2D eigenvalue weighted by atomic mass is 10.1. The van der Waals surface area contributed by atoms with E-state index in [0.717, 1.165) is 0 Å². The van der Waals surface area contributed by atoms with Crippen LogP contribution in [0.5, 0.6) is 0 Å². The molecule has 0 fully saturated rings. The van der Waals surface area contributed by atoms with Gasteiger partial charge in [-0.05, 0) is 0 Å². The van der Waals surface area contributed by atoms with E-state index in [2.05, 4.69) is 4.98 Å². The predicted octanol–water partition coefficient (Wildman–Crippen LogP) is 4.43. The average Bonchev–Trinajstić information content (AvgIpc) is 2.14. The Balaban J connectivity index is 3.52. The highest BCUT2D eigenvalue weighted by atomic mass is 35.5. The third kappa shape index (κ3) is 2.55. The lowest BCUT2D eigenvalue weighted by molar-refractivity contribution is -0.139. The van der Waals surface area contributed by atoms with Gasteiger partial charge in [0.15, 0.2) is 0 Å². The first-order valence-electron chi connectivity index (χ1n) is 3.87. The van der Waals surface area contributed by atoms with Crippen molar-refractivity contribution in [3.63, 3.8) is 0 Å². The van der Waals surface area contributed by atoms with Crippen LogP contribution in [0.15, 0.2) is 6.20 Å². The summed E-state index contributed by atoms with van der Waals surface area (Å²) >= 11 is 10.7. The van der Waals surface area contributed by atoms with Crippen molar-refractivity contribution in [3.8, 4) is 0 Å². The van der Waals surface area contributed by atoms with E-state index in [9.17, 15) is 22.0 Å². The van der Waals surface area contributed by atoms with Crippen molar-refractivity contribution in [1.29, 1.82) is 0 Å². The van der Waals surface area contributed by atoms with E-state index in [4.69, 9.17) is 23.2 Å². The second-order valence-electron chi connectivity index (χ2n) is 2.79. The third-order valence-corrected chi connectivity index (χ3v) is 2.42. The molecule has 0 saturated heterocycles. The van der Waals surface area contributed by atoms with Gasteiger partial charge in [0.2, 0.25) is 0 Å². The van der Waals surface area contributed by atoms with Crippen LogP contribution in [0, 0.1) is 0 Å². The molecule has 0 bridgehead atoms. The number of alkyl halides is 6. The minimum Gasteiger partial charge on any atom is -0.244 e. The Hall–Kier alpha value is -0.620. The quantitative estimate of drug-likeness (QED) is 0.443. The van der Waals surface area contributed by atoms with Crippen LogP contribution >= 0.6 is 23.2 Å². The summed E-state index contributed by atoms with van der Waals surface area (Å²) in [5, 5.41) is -0.446. The van der Waals surface area contributed by atoms with Crippen molar-refractivity contribution in [1.82, 2.24) is 4.98 Å². The van der Waals surface area contributed by atoms with Gasteiger partial charge < -0.3 is 0 Å². The molecule has 1 aromatic rings. The SMILES string of the molecule is FC(F)c1c(C(F)(F)F)cnc(Cl)c1CCl. The van der Waals surface area contributed by atoms with E-state index in [1.807, 2.05) is 0 Å². The van der Waals surface area contributed by atoms with Gasteiger partial charge in [0, 0.05) is 17.3 Å². The maximum Gasteiger partial charge on any atom is 0.418 e. The van der Waals surface area contributed by atoms with Gasteiger partial charge in [-0.3, -0.25) is 0 Å². The Kier molecular flexibility index (Phi) is 3.96. The number of nitrogens with zero attached hydrogens (tertiary/aromatic N) is 1. The second-order valence-corrected chi connectivity index (χ2v) is 3.41. The normalized spacial score (nSPS) is 12.2. The molecule has 1 nitrogen and oxygen atoms in total. The lowest BCUT2D eigenvalue weighted by Gasteiger charge is -2.15. The molecule has 1 heterocycles. The van der Waals surface area contributed by atoms with Crippen molar-refractivity contribution in [2.45, 2.75) is 18.5 Å². The summed E-state index contributed by atoms with van der Waals surface area (Å²) < 4.78 is 62.3. The average molecular weight is 280 g/mol. The third-order valence-electron chi connectivity index (χ3n) is 1.83. The zero-order valence-corrected chi connectivity index (χ0v) is 8.97. The van der Waals surface area contributed by atoms with Crippen LogP contribution in [0.4, 0.5) is 22.0 Å². The van der Waals surface area contributed by atoms with E-state index in [0.29, 0.717) is 0 Å². The molecule has 0 spiro atoms. The van der Waals surface area contributed by atoms with Gasteiger partial charge >= 0.3 is 6.18 Å². The molecule has 0 N–H and O–H groups in total. The standard InChI is InChI=1S/C8H4Cl2F5N/c9-1-3-5(7(11)12)4(8(13,14)15)2-16-6(3)10/h2,7H,1H2. The number of hydrogen-bond acceptors (Lipinski definition) is 1. The Morgan fingerprint density at radius 3 is 2.25 bits per heavy atom. The fourth-order valence-corrected chi connectivity index (χ4v) is 1.70. The van der Waals surface area contributed by atoms with Crippen LogP contribution in [0.25, 0.3) is 0 Å². The van der Waals surface area contributed by atoms with Gasteiger partial charge in [-0.2, -0.15) is 13.2 Å². The number of pyridine rings is 1. The van der Waals surface area contributed by atoms with Gasteiger partial charge in [-0.1, -0.05) is 11.6 Å². The number of hydrogen-bond donors (Lipinski definition) is 0. The Morgan fingerprint density at radius 2 is 1.88 bits per heavy atom. The number of aromatic nitrogens is 1. The first-order valence-corrected chi connectivity index (χ1v) is 4.78. The molecule has 1 rings (SSSR count). The molecule has 0 aromatic carbocycles. The molecule has 0 aliphatic heterocycles. The molecule has 90 valence electrons. The summed E-state index contributed by atoms with van der Waals surface area (Å²) in [5.41, 5.74) is -3.21. The summed E-state index contributed by atoms with van der Waals surface area (Å²) in [5.74, 6) is -0.560. The fraction of sp³-hybridized carbons (Fsp3) is 0.375. The van der Waals surface area contributed by atoms with Crippen molar-refractivity contribution in [2.75, 3.05) is 0 Å². The molecule has 8 heteroatoms. The Bertz CT molecular complexity index is 391. The summed E-state index contributed by atoms with van der Waals surface area (Å²) in [6.45, 7) is 0. The van der Waals surface area contributed by atoms with Crippen molar-refractivity contribution >= 4 is 23.2 Å². The zero-order valence-electron chi connectivity index (χ0n) is 7.45. The van der Waals surface area contributed by atoms with Crippen LogP contribution in [-0.2, 0) is 12.1 Å². The fourth-order valence-electron chi connectivity index (χ4n) is 1.14. The van der Waals surface area contributed by atoms with Gasteiger partial charge in [-0.25, -0.2) is 13.8 Å². The molecule has 0 saturated carbocycles. The highest BCUT2D eigenvalue weighted by Crippen LogP contribution is 2.39. The van der Waals surface area contributed by atoms with Gasteiger partial charge in [0.1, 0.15) is 5.15 Å². The summed E-state index contributed by atoms with van der Waals surface area (Å²) in [6.07, 6.45) is -7.95. The Labute approximate surface area is 97.2 Å². The molecule has 0 amide bonds. The van der Waals surface area contributed by atoms with Crippen LogP contribution in [0.2, 0.25) is 5.15 Å². The molecule has 0 unspecified atom stereocenters. The first kappa shape index (κ1) is 13.4. The van der Waals surface area contributed by atoms with Crippen LogP contribution in [0.3, 0.4) is 0 Å². The lowest BCUT2D eigenvalue weighted by Crippen LogP contribution is -2.13. The Morgan fingerprint density at radius 1 is 1.31 bits per heavy atom. The van der Waals surface area contributed by atoms with E-state index in [-0.39, 0.29) is 6.20 Å². The van der Waals surface area contributed by atoms with Gasteiger partial charge in [-0.15, -0.1) is 11.6 Å². The minimum absolute atomic E-state index is 0.278. The van der Waals surface area contributed by atoms with Crippen molar-refractivity contribution < 1.29 is 22.0 Å². The van der Waals surface area contributed by atoms with Crippen LogP contribution in [-0.4, -0.2) is 4.98 Å². The van der Waals surface area contributed by atoms with E-state index in [1.54, 1.807) is 0 Å². The minimum atomic E-state index is -4.91. The summed E-state index contributed by atoms with van der Waals surface area (Å²) in [4.78, 5) is 3.19. The van der Waals surface area contributed by atoms with E-state index < -0.39 is 40.3 Å². The highest BCUT2D eigenvalue weighted by molar-refractivity contribution is 6.31. The zero-order chi connectivity index (χ0) is 12.5. The molecule has 0 atom stereocenters. The molecule has 16 heavy (non-hydrogen) atoms. The first-order chi connectivity index (χ1) is 7.29. The molecular formula is C8H4Cl2F5N. The number of rotatable bonds is 2. The molecule has 1 aromatic heterocycles. The predicted molar refractivity (Wildman–Crippen MR) is 48.8 cm³/mol. The summed E-state index contributed by atoms with van der Waals surface area (Å²) in [7, 11) is 0. The smallest absolute Gasteiger partial charge is 0.244 e. The largest absolute Gasteiger partial charge is 0.418 e. The van der Waals surface area contributed by atoms with Crippen molar-refractivity contribution in [3.05, 3.63) is 28.0 Å². The maximum absolute atomic E-state index is 12.5. The second kappa shape index (κ2) is 4.71. The molecule has 0 aliphatic carbocycles. The summed E-state index contributed by atoms with van der Waals surface area (Å²) in [6, 6.07) is 0. The van der Waals surface area contributed by atoms with E-state index in [1.165, 1.54) is 0 Å². The maximum atomic E-state index is 12.5. The molecule has 0 radical (unpaired) electrons. The van der Waals surface area contributed by atoms with E-state index >= 15 is 0 Å². The van der Waals surface area contributed by atoms with Crippen molar-refractivity contribution in [2.24, 2.45) is 0 Å². The van der Waals surface area contributed by atoms with Gasteiger partial charge in [0.25, 0.3) is 6.43 Å². The topological polar surface area (TPSA) is 12.9 Å². The monoisotopic (exact) mass is 279 g/mol. The van der Waals surface area contributed by atoms with Crippen LogP contribution < -0.4 is 0 Å². The number of halogens is 7. The highest BCUT2D eigenvalue weighted by Gasteiger charge is 2.38. The van der Waals surface area contributed by atoms with Gasteiger partial charge in [0.05, 0.1) is 11.4 Å².